The molecule has 0 radical (unpaired) electrons. The SMILES string of the molecule is N#C/C(=C\c1ccccc1)C(=O)OCC(=O)Nc1ccc(C(F)(F)F)cc1[N+](=O)[O-]. The molecule has 30 heavy (non-hydrogen) atoms. The Bertz CT molecular complexity index is 1040. The van der Waals surface area contributed by atoms with Gasteiger partial charge in [-0.1, -0.05) is 30.3 Å². The van der Waals surface area contributed by atoms with Gasteiger partial charge >= 0.3 is 12.1 Å². The first-order chi connectivity index (χ1) is 14.1. The summed E-state index contributed by atoms with van der Waals surface area (Å²) in [6, 6.07) is 11.5. The maximum absolute atomic E-state index is 12.7. The van der Waals surface area contributed by atoms with E-state index in [4.69, 9.17) is 5.26 Å². The van der Waals surface area contributed by atoms with E-state index in [2.05, 4.69) is 4.74 Å². The summed E-state index contributed by atoms with van der Waals surface area (Å²) in [6.45, 7) is -0.912. The van der Waals surface area contributed by atoms with Crippen molar-refractivity contribution < 1.29 is 32.4 Å². The Morgan fingerprint density at radius 2 is 1.87 bits per heavy atom. The topological polar surface area (TPSA) is 122 Å². The third kappa shape index (κ3) is 5.90. The predicted octanol–water partition coefficient (Wildman–Crippen LogP) is 3.70. The number of ether oxygens (including phenoxy) is 1. The van der Waals surface area contributed by atoms with Crippen LogP contribution in [0.4, 0.5) is 24.5 Å². The van der Waals surface area contributed by atoms with E-state index in [0.717, 1.165) is 6.07 Å². The molecule has 11 heteroatoms. The van der Waals surface area contributed by atoms with E-state index in [0.29, 0.717) is 11.6 Å². The number of esters is 1. The van der Waals surface area contributed by atoms with E-state index in [-0.39, 0.29) is 6.07 Å². The monoisotopic (exact) mass is 419 g/mol. The summed E-state index contributed by atoms with van der Waals surface area (Å²) < 4.78 is 42.8. The number of halogens is 3. The molecule has 0 aromatic heterocycles. The normalized spacial score (nSPS) is 11.3. The largest absolute Gasteiger partial charge is 0.451 e. The van der Waals surface area contributed by atoms with Gasteiger partial charge in [-0.15, -0.1) is 0 Å². The van der Waals surface area contributed by atoms with Gasteiger partial charge in [0.1, 0.15) is 17.3 Å². The lowest BCUT2D eigenvalue weighted by Crippen LogP contribution is -2.22. The fraction of sp³-hybridized carbons (Fsp3) is 0.105. The Hall–Kier alpha value is -4.20. The van der Waals surface area contributed by atoms with Crippen molar-refractivity contribution in [2.24, 2.45) is 0 Å². The number of nitrogens with zero attached hydrogens (tertiary/aromatic N) is 2. The molecule has 1 amide bonds. The van der Waals surface area contributed by atoms with E-state index in [9.17, 15) is 32.9 Å². The van der Waals surface area contributed by atoms with Crippen LogP contribution in [0.3, 0.4) is 0 Å². The molecule has 2 aromatic rings. The third-order valence-electron chi connectivity index (χ3n) is 3.58. The second-order valence-corrected chi connectivity index (χ2v) is 5.69. The molecule has 0 spiro atoms. The van der Waals surface area contributed by atoms with Gasteiger partial charge in [-0.2, -0.15) is 18.4 Å². The van der Waals surface area contributed by atoms with Gasteiger partial charge in [-0.05, 0) is 23.8 Å². The Balaban J connectivity index is 2.07. The number of nitro benzene ring substituents is 1. The molecule has 0 unspecified atom stereocenters. The molecule has 1 N–H and O–H groups in total. The summed E-state index contributed by atoms with van der Waals surface area (Å²) in [6.07, 6.45) is -3.57. The number of carbonyl (C=O) groups is 2. The fourth-order valence-electron chi connectivity index (χ4n) is 2.21. The predicted molar refractivity (Wildman–Crippen MR) is 97.7 cm³/mol. The average Bonchev–Trinajstić information content (AvgIpc) is 2.70. The summed E-state index contributed by atoms with van der Waals surface area (Å²) in [5, 5.41) is 22.1. The van der Waals surface area contributed by atoms with Crippen LogP contribution in [0.5, 0.6) is 0 Å². The lowest BCUT2D eigenvalue weighted by atomic mass is 10.1. The number of alkyl halides is 3. The number of nitro groups is 1. The molecule has 0 heterocycles. The highest BCUT2D eigenvalue weighted by atomic mass is 19.4. The van der Waals surface area contributed by atoms with Gasteiger partial charge in [0.25, 0.3) is 11.6 Å². The minimum atomic E-state index is -4.80. The van der Waals surface area contributed by atoms with E-state index >= 15 is 0 Å². The van der Waals surface area contributed by atoms with E-state index in [1.807, 2.05) is 5.32 Å². The minimum absolute atomic E-state index is 0.276. The maximum atomic E-state index is 12.7. The molecular formula is C19H12F3N3O5. The Kier molecular flexibility index (Phi) is 6.87. The van der Waals surface area contributed by atoms with Crippen LogP contribution < -0.4 is 5.32 Å². The molecule has 0 bridgehead atoms. The average molecular weight is 419 g/mol. The lowest BCUT2D eigenvalue weighted by molar-refractivity contribution is -0.384. The molecule has 0 saturated heterocycles. The van der Waals surface area contributed by atoms with Gasteiger partial charge in [0.2, 0.25) is 0 Å². The smallest absolute Gasteiger partial charge is 0.416 e. The third-order valence-corrected chi connectivity index (χ3v) is 3.58. The molecule has 8 nitrogen and oxygen atoms in total. The standard InChI is InChI=1S/C19H12F3N3O5/c20-19(21,22)14-6-7-15(16(9-14)25(28)29)24-17(26)11-30-18(27)13(10-23)8-12-4-2-1-3-5-12/h1-9H,11H2,(H,24,26)/b13-8+. The van der Waals surface area contributed by atoms with Gasteiger partial charge in [0.15, 0.2) is 6.61 Å². The first-order valence-electron chi connectivity index (χ1n) is 8.11. The van der Waals surface area contributed by atoms with Crippen LogP contribution in [-0.4, -0.2) is 23.4 Å². The second-order valence-electron chi connectivity index (χ2n) is 5.69. The van der Waals surface area contributed by atoms with Crippen LogP contribution >= 0.6 is 0 Å². The first-order valence-corrected chi connectivity index (χ1v) is 8.11. The summed E-state index contributed by atoms with van der Waals surface area (Å²) in [5.41, 5.74) is -2.60. The molecule has 0 aliphatic heterocycles. The molecule has 154 valence electrons. The number of rotatable bonds is 6. The number of amides is 1. The van der Waals surface area contributed by atoms with E-state index < -0.39 is 52.1 Å². The van der Waals surface area contributed by atoms with Crippen molar-refractivity contribution in [2.45, 2.75) is 6.18 Å². The molecule has 0 saturated carbocycles. The van der Waals surface area contributed by atoms with Crippen molar-refractivity contribution in [3.8, 4) is 6.07 Å². The van der Waals surface area contributed by atoms with Crippen molar-refractivity contribution in [3.63, 3.8) is 0 Å². The zero-order valence-corrected chi connectivity index (χ0v) is 15.0. The van der Waals surface area contributed by atoms with Crippen LogP contribution in [-0.2, 0) is 20.5 Å². The number of carbonyl (C=O) groups excluding carboxylic acids is 2. The number of hydrogen-bond acceptors (Lipinski definition) is 6. The van der Waals surface area contributed by atoms with Crippen molar-refractivity contribution in [3.05, 3.63) is 75.3 Å². The highest BCUT2D eigenvalue weighted by molar-refractivity contribution is 6.00. The van der Waals surface area contributed by atoms with Crippen LogP contribution in [0.25, 0.3) is 6.08 Å². The molecule has 0 fully saturated rings. The van der Waals surface area contributed by atoms with Crippen LogP contribution in [0.2, 0.25) is 0 Å². The van der Waals surface area contributed by atoms with E-state index in [1.54, 1.807) is 36.4 Å². The zero-order valence-electron chi connectivity index (χ0n) is 15.0. The molecular weight excluding hydrogens is 407 g/mol. The zero-order chi connectivity index (χ0) is 22.3. The molecule has 0 aliphatic rings. The number of hydrogen-bond donors (Lipinski definition) is 1. The van der Waals surface area contributed by atoms with Gasteiger partial charge in [-0.25, -0.2) is 4.79 Å². The molecule has 0 atom stereocenters. The Morgan fingerprint density at radius 3 is 2.43 bits per heavy atom. The Morgan fingerprint density at radius 1 is 1.20 bits per heavy atom. The fourth-order valence-corrected chi connectivity index (χ4v) is 2.21. The molecule has 2 rings (SSSR count). The van der Waals surface area contributed by atoms with Crippen molar-refractivity contribution in [1.29, 1.82) is 5.26 Å². The van der Waals surface area contributed by atoms with Gasteiger partial charge < -0.3 is 10.1 Å². The first kappa shape index (κ1) is 22.1. The van der Waals surface area contributed by atoms with Gasteiger partial charge in [0.05, 0.1) is 10.5 Å². The number of nitriles is 1. The highest BCUT2D eigenvalue weighted by Gasteiger charge is 2.33. The number of benzene rings is 2. The van der Waals surface area contributed by atoms with Crippen LogP contribution in [0.1, 0.15) is 11.1 Å². The summed E-state index contributed by atoms with van der Waals surface area (Å²) in [4.78, 5) is 33.8. The highest BCUT2D eigenvalue weighted by Crippen LogP contribution is 2.34. The molecule has 2 aromatic carbocycles. The summed E-state index contributed by atoms with van der Waals surface area (Å²) in [7, 11) is 0. The quantitative estimate of drug-likeness (QED) is 0.250. The second kappa shape index (κ2) is 9.33. The summed E-state index contributed by atoms with van der Waals surface area (Å²) >= 11 is 0. The van der Waals surface area contributed by atoms with Crippen molar-refractivity contribution in [1.82, 2.24) is 0 Å². The number of anilines is 1. The molecule has 0 aliphatic carbocycles. The van der Waals surface area contributed by atoms with E-state index in [1.165, 1.54) is 6.08 Å². The van der Waals surface area contributed by atoms with Crippen molar-refractivity contribution in [2.75, 3.05) is 11.9 Å². The summed E-state index contributed by atoms with van der Waals surface area (Å²) in [5.74, 6) is -2.15. The van der Waals surface area contributed by atoms with Crippen LogP contribution in [0.15, 0.2) is 54.1 Å². The minimum Gasteiger partial charge on any atom is -0.451 e. The van der Waals surface area contributed by atoms with Crippen molar-refractivity contribution >= 4 is 29.3 Å². The van der Waals surface area contributed by atoms with Gasteiger partial charge in [-0.3, -0.25) is 14.9 Å². The Labute approximate surface area is 167 Å². The van der Waals surface area contributed by atoms with Gasteiger partial charge in [0, 0.05) is 6.07 Å². The number of nitrogens with one attached hydrogen (secondary N) is 1. The maximum Gasteiger partial charge on any atom is 0.416 e. The lowest BCUT2D eigenvalue weighted by Gasteiger charge is -2.10. The van der Waals surface area contributed by atoms with Crippen LogP contribution in [0, 0.1) is 21.4 Å².